The highest BCUT2D eigenvalue weighted by atomic mass is 16.4. The number of hydrogen-bond donors (Lipinski definition) is 1. The Morgan fingerprint density at radius 3 is 2.21 bits per heavy atom. The van der Waals surface area contributed by atoms with Gasteiger partial charge in [0.15, 0.2) is 5.78 Å². The second-order valence-electron chi connectivity index (χ2n) is 2.96. The van der Waals surface area contributed by atoms with E-state index >= 15 is 0 Å². The van der Waals surface area contributed by atoms with E-state index in [4.69, 9.17) is 5.11 Å². The van der Waals surface area contributed by atoms with Crippen molar-refractivity contribution >= 4 is 17.5 Å². The lowest BCUT2D eigenvalue weighted by Gasteiger charge is -1.97. The lowest BCUT2D eigenvalue weighted by Crippen LogP contribution is -2.04. The highest BCUT2D eigenvalue weighted by molar-refractivity contribution is 5.89. The fraction of sp³-hybridized carbons (Fsp3) is 0.500. The number of carbonyl (C=O) groups is 3. The molecule has 0 aliphatic rings. The molecule has 1 N–H and O–H groups in total. The van der Waals surface area contributed by atoms with Crippen LogP contribution in [0.5, 0.6) is 0 Å². The van der Waals surface area contributed by atoms with Crippen LogP contribution in [0.1, 0.15) is 32.1 Å². The summed E-state index contributed by atoms with van der Waals surface area (Å²) in [6.45, 7) is 3.31. The van der Waals surface area contributed by atoms with Crippen molar-refractivity contribution in [3.05, 3.63) is 12.7 Å². The van der Waals surface area contributed by atoms with Crippen molar-refractivity contribution < 1.29 is 19.5 Å². The molecule has 0 amide bonds. The third kappa shape index (κ3) is 7.21. The fourth-order valence-electron chi connectivity index (χ4n) is 0.933. The van der Waals surface area contributed by atoms with Gasteiger partial charge in [-0.15, -0.1) is 0 Å². The number of hydrogen-bond acceptors (Lipinski definition) is 3. The Morgan fingerprint density at radius 1 is 1.07 bits per heavy atom. The van der Waals surface area contributed by atoms with E-state index in [1.165, 1.54) is 6.08 Å². The summed E-state index contributed by atoms with van der Waals surface area (Å²) in [5.74, 6) is -1.17. The van der Waals surface area contributed by atoms with Crippen LogP contribution in [0, 0.1) is 0 Å². The maximum absolute atomic E-state index is 11.0. The van der Waals surface area contributed by atoms with E-state index in [1.54, 1.807) is 0 Å². The number of ketones is 2. The van der Waals surface area contributed by atoms with Gasteiger partial charge in [-0.1, -0.05) is 6.58 Å². The third-order valence-electron chi connectivity index (χ3n) is 1.72. The lowest BCUT2D eigenvalue weighted by atomic mass is 10.1. The molecule has 0 saturated heterocycles. The van der Waals surface area contributed by atoms with Gasteiger partial charge < -0.3 is 5.11 Å². The number of allylic oxidation sites excluding steroid dienone is 1. The average Bonchev–Trinajstić information content (AvgIpc) is 2.14. The van der Waals surface area contributed by atoms with Crippen LogP contribution in [0.15, 0.2) is 12.7 Å². The predicted octanol–water partition coefficient (Wildman–Crippen LogP) is 1.35. The van der Waals surface area contributed by atoms with Crippen LogP contribution in [0.25, 0.3) is 0 Å². The molecule has 4 heteroatoms. The number of carboxylic acids is 1. The molecule has 4 nitrogen and oxygen atoms in total. The molecular weight excluding hydrogens is 184 g/mol. The summed E-state index contributed by atoms with van der Waals surface area (Å²) < 4.78 is 0. The first-order chi connectivity index (χ1) is 6.56. The Kier molecular flexibility index (Phi) is 6.28. The summed E-state index contributed by atoms with van der Waals surface area (Å²) in [7, 11) is 0. The van der Waals surface area contributed by atoms with Crippen molar-refractivity contribution in [3.63, 3.8) is 0 Å². The van der Waals surface area contributed by atoms with Crippen LogP contribution in [0.2, 0.25) is 0 Å². The van der Waals surface area contributed by atoms with Crippen molar-refractivity contribution in [2.75, 3.05) is 0 Å². The topological polar surface area (TPSA) is 71.4 Å². The van der Waals surface area contributed by atoms with Gasteiger partial charge in [0.2, 0.25) is 0 Å². The Balaban J connectivity index is 3.49. The zero-order chi connectivity index (χ0) is 11.0. The zero-order valence-corrected chi connectivity index (χ0v) is 7.99. The monoisotopic (exact) mass is 198 g/mol. The van der Waals surface area contributed by atoms with Crippen LogP contribution in [-0.2, 0) is 14.4 Å². The van der Waals surface area contributed by atoms with E-state index < -0.39 is 5.97 Å². The highest BCUT2D eigenvalue weighted by Gasteiger charge is 2.06. The molecule has 0 aromatic rings. The molecule has 0 bridgehead atoms. The summed E-state index contributed by atoms with van der Waals surface area (Å²) in [5, 5.41) is 8.29. The van der Waals surface area contributed by atoms with E-state index in [1.807, 2.05) is 0 Å². The minimum Gasteiger partial charge on any atom is -0.481 e. The second-order valence-corrected chi connectivity index (χ2v) is 2.96. The molecule has 78 valence electrons. The van der Waals surface area contributed by atoms with Crippen LogP contribution in [0.3, 0.4) is 0 Å². The van der Waals surface area contributed by atoms with E-state index in [0.717, 1.165) is 0 Å². The first-order valence-electron chi connectivity index (χ1n) is 4.45. The normalized spacial score (nSPS) is 9.43. The molecule has 0 heterocycles. The van der Waals surface area contributed by atoms with Gasteiger partial charge in [-0.25, -0.2) is 0 Å². The third-order valence-corrected chi connectivity index (χ3v) is 1.72. The molecule has 0 fully saturated rings. The van der Waals surface area contributed by atoms with Crippen LogP contribution in [-0.4, -0.2) is 22.6 Å². The van der Waals surface area contributed by atoms with Crippen molar-refractivity contribution in [2.45, 2.75) is 32.1 Å². The van der Waals surface area contributed by atoms with E-state index in [0.29, 0.717) is 12.8 Å². The molecule has 0 aliphatic carbocycles. The maximum Gasteiger partial charge on any atom is 0.303 e. The van der Waals surface area contributed by atoms with Gasteiger partial charge in [0.25, 0.3) is 0 Å². The number of aliphatic carboxylic acids is 1. The van der Waals surface area contributed by atoms with Crippen LogP contribution >= 0.6 is 0 Å². The summed E-state index contributed by atoms with van der Waals surface area (Å²) in [4.78, 5) is 31.9. The smallest absolute Gasteiger partial charge is 0.303 e. The van der Waals surface area contributed by atoms with Gasteiger partial charge >= 0.3 is 5.97 Å². The van der Waals surface area contributed by atoms with Crippen molar-refractivity contribution in [1.29, 1.82) is 0 Å². The average molecular weight is 198 g/mol. The largest absolute Gasteiger partial charge is 0.481 e. The van der Waals surface area contributed by atoms with E-state index in [2.05, 4.69) is 6.58 Å². The standard InChI is InChI=1S/C10H14O4/c1-2-8(11)4-3-5-9(12)6-7-10(13)14/h2H,1,3-7H2,(H,13,14). The van der Waals surface area contributed by atoms with Gasteiger partial charge in [-0.2, -0.15) is 0 Å². The van der Waals surface area contributed by atoms with Gasteiger partial charge in [0, 0.05) is 19.3 Å². The summed E-state index contributed by atoms with van der Waals surface area (Å²) in [6.07, 6.45) is 2.20. The number of Topliss-reactive ketones (excluding diaryl/α,β-unsaturated/α-hetero) is 1. The Bertz CT molecular complexity index is 243. The number of carbonyl (C=O) groups excluding carboxylic acids is 2. The van der Waals surface area contributed by atoms with Crippen LogP contribution in [0.4, 0.5) is 0 Å². The van der Waals surface area contributed by atoms with E-state index in [9.17, 15) is 14.4 Å². The van der Waals surface area contributed by atoms with Gasteiger partial charge in [0.1, 0.15) is 5.78 Å². The molecule has 14 heavy (non-hydrogen) atoms. The van der Waals surface area contributed by atoms with Crippen molar-refractivity contribution in [1.82, 2.24) is 0 Å². The second kappa shape index (κ2) is 7.00. The number of rotatable bonds is 8. The molecule has 0 aromatic heterocycles. The highest BCUT2D eigenvalue weighted by Crippen LogP contribution is 2.02. The van der Waals surface area contributed by atoms with Crippen molar-refractivity contribution in [3.8, 4) is 0 Å². The molecular formula is C10H14O4. The Labute approximate surface area is 82.6 Å². The molecule has 0 unspecified atom stereocenters. The zero-order valence-electron chi connectivity index (χ0n) is 7.99. The van der Waals surface area contributed by atoms with E-state index in [-0.39, 0.29) is 30.8 Å². The molecule has 0 aromatic carbocycles. The van der Waals surface area contributed by atoms with Crippen molar-refractivity contribution in [2.24, 2.45) is 0 Å². The Hall–Kier alpha value is -1.45. The van der Waals surface area contributed by atoms with Crippen LogP contribution < -0.4 is 0 Å². The van der Waals surface area contributed by atoms with Gasteiger partial charge in [-0.3, -0.25) is 14.4 Å². The minimum absolute atomic E-state index is 0.0532. The fourth-order valence-corrected chi connectivity index (χ4v) is 0.933. The molecule has 0 rings (SSSR count). The quantitative estimate of drug-likeness (QED) is 0.597. The maximum atomic E-state index is 11.0. The molecule has 0 spiro atoms. The minimum atomic E-state index is -0.972. The molecule has 0 aliphatic heterocycles. The first-order valence-corrected chi connectivity index (χ1v) is 4.45. The van der Waals surface area contributed by atoms with Gasteiger partial charge in [0.05, 0.1) is 6.42 Å². The number of carboxylic acid groups (broad SMARTS) is 1. The summed E-state index contributed by atoms with van der Waals surface area (Å²) in [6, 6.07) is 0. The van der Waals surface area contributed by atoms with Gasteiger partial charge in [-0.05, 0) is 12.5 Å². The molecule has 0 atom stereocenters. The SMILES string of the molecule is C=CC(=O)CCCC(=O)CCC(=O)O. The lowest BCUT2D eigenvalue weighted by molar-refractivity contribution is -0.138. The Morgan fingerprint density at radius 2 is 1.71 bits per heavy atom. The molecule has 0 radical (unpaired) electrons. The molecule has 0 saturated carbocycles. The summed E-state index contributed by atoms with van der Waals surface area (Å²) >= 11 is 0. The summed E-state index contributed by atoms with van der Waals surface area (Å²) in [5.41, 5.74) is 0. The predicted molar refractivity (Wildman–Crippen MR) is 50.9 cm³/mol. The first kappa shape index (κ1) is 12.6.